The Morgan fingerprint density at radius 1 is 1.20 bits per heavy atom. The Morgan fingerprint density at radius 3 is 2.53 bits per heavy atom. The summed E-state index contributed by atoms with van der Waals surface area (Å²) >= 11 is 0. The number of nitrogens with zero attached hydrogens (tertiary/aromatic N) is 2. The van der Waals surface area contributed by atoms with Gasteiger partial charge in [0.05, 0.1) is 0 Å². The van der Waals surface area contributed by atoms with Gasteiger partial charge in [0.2, 0.25) is 0 Å². The van der Waals surface area contributed by atoms with Gasteiger partial charge in [0.25, 0.3) is 5.91 Å². The number of nitrogens with one attached hydrogen (secondary N) is 1. The van der Waals surface area contributed by atoms with Crippen LogP contribution in [0.5, 0.6) is 0 Å². The van der Waals surface area contributed by atoms with Crippen molar-refractivity contribution in [3.63, 3.8) is 0 Å². The van der Waals surface area contributed by atoms with Crippen LogP contribution in [0.4, 0.5) is 11.4 Å². The summed E-state index contributed by atoms with van der Waals surface area (Å²) in [5.41, 5.74) is 7.51. The summed E-state index contributed by atoms with van der Waals surface area (Å²) in [6, 6.07) is 12.2. The molecule has 0 fully saturated rings. The van der Waals surface area contributed by atoms with Gasteiger partial charge < -0.3 is 10.2 Å². The molecule has 0 aliphatic carbocycles. The highest BCUT2D eigenvalue weighted by atomic mass is 16.1. The molecular weight excluding hydrogens is 370 g/mol. The van der Waals surface area contributed by atoms with Crippen molar-refractivity contribution in [3.8, 4) is 6.07 Å². The number of carbonyl (C=O) groups is 1. The molecule has 4 heteroatoms. The normalized spacial score (nSPS) is 17.9. The molecule has 0 aromatic heterocycles. The fraction of sp³-hybridized carbons (Fsp3) is 0.385. The average Bonchev–Trinajstić information content (AvgIpc) is 2.66. The van der Waals surface area contributed by atoms with Crippen molar-refractivity contribution >= 4 is 23.4 Å². The van der Waals surface area contributed by atoms with Gasteiger partial charge in [-0.2, -0.15) is 5.26 Å². The van der Waals surface area contributed by atoms with Gasteiger partial charge in [-0.1, -0.05) is 24.6 Å². The second kappa shape index (κ2) is 7.99. The van der Waals surface area contributed by atoms with Crippen molar-refractivity contribution < 1.29 is 4.79 Å². The minimum Gasteiger partial charge on any atom is -0.369 e. The number of aryl methyl sites for hydroxylation is 3. The first kappa shape index (κ1) is 21.6. The molecule has 1 atom stereocenters. The summed E-state index contributed by atoms with van der Waals surface area (Å²) in [7, 11) is 2.14. The van der Waals surface area contributed by atoms with E-state index in [4.69, 9.17) is 0 Å². The van der Waals surface area contributed by atoms with Crippen molar-refractivity contribution in [3.05, 3.63) is 63.7 Å². The highest BCUT2D eigenvalue weighted by molar-refractivity contribution is 6.10. The first-order valence-corrected chi connectivity index (χ1v) is 10.4. The first-order valence-electron chi connectivity index (χ1n) is 10.4. The van der Waals surface area contributed by atoms with E-state index in [9.17, 15) is 10.1 Å². The molecule has 0 spiro atoms. The topological polar surface area (TPSA) is 56.1 Å². The van der Waals surface area contributed by atoms with E-state index in [1.807, 2.05) is 39.0 Å². The molecule has 1 aliphatic heterocycles. The number of nitriles is 1. The molecule has 0 saturated carbocycles. The van der Waals surface area contributed by atoms with Crippen molar-refractivity contribution in [2.24, 2.45) is 0 Å². The Balaban J connectivity index is 1.96. The van der Waals surface area contributed by atoms with Gasteiger partial charge in [-0.3, -0.25) is 4.79 Å². The van der Waals surface area contributed by atoms with E-state index in [0.717, 1.165) is 34.4 Å². The maximum atomic E-state index is 12.8. The van der Waals surface area contributed by atoms with E-state index in [0.29, 0.717) is 5.92 Å². The molecule has 0 radical (unpaired) electrons. The van der Waals surface area contributed by atoms with Gasteiger partial charge in [0.1, 0.15) is 11.6 Å². The van der Waals surface area contributed by atoms with Crippen LogP contribution < -0.4 is 10.2 Å². The van der Waals surface area contributed by atoms with Crippen LogP contribution in [0.1, 0.15) is 60.9 Å². The summed E-state index contributed by atoms with van der Waals surface area (Å²) in [6.45, 7) is 12.8. The molecule has 2 aromatic carbocycles. The second-order valence-electron chi connectivity index (χ2n) is 9.19. The number of benzene rings is 2. The smallest absolute Gasteiger partial charge is 0.266 e. The number of anilines is 2. The molecule has 1 unspecified atom stereocenters. The van der Waals surface area contributed by atoms with E-state index >= 15 is 0 Å². The van der Waals surface area contributed by atoms with Gasteiger partial charge >= 0.3 is 0 Å². The lowest BCUT2D eigenvalue weighted by atomic mass is 9.79. The molecule has 1 N–H and O–H groups in total. The summed E-state index contributed by atoms with van der Waals surface area (Å²) in [5, 5.41) is 12.5. The Morgan fingerprint density at radius 2 is 1.90 bits per heavy atom. The maximum absolute atomic E-state index is 12.8. The molecular formula is C26H31N3O. The molecule has 30 heavy (non-hydrogen) atoms. The molecule has 1 heterocycles. The zero-order valence-corrected chi connectivity index (χ0v) is 19.1. The third-order valence-corrected chi connectivity index (χ3v) is 6.32. The lowest BCUT2D eigenvalue weighted by Crippen LogP contribution is -2.45. The maximum Gasteiger partial charge on any atom is 0.266 e. The van der Waals surface area contributed by atoms with Crippen molar-refractivity contribution in [2.45, 2.75) is 59.4 Å². The number of amides is 1. The van der Waals surface area contributed by atoms with E-state index in [1.165, 1.54) is 11.3 Å². The lowest BCUT2D eigenvalue weighted by molar-refractivity contribution is -0.112. The molecule has 2 aromatic rings. The van der Waals surface area contributed by atoms with Crippen LogP contribution in [-0.2, 0) is 4.79 Å². The highest BCUT2D eigenvalue weighted by Crippen LogP contribution is 2.43. The summed E-state index contributed by atoms with van der Waals surface area (Å²) in [5.74, 6) is 0.0291. The largest absolute Gasteiger partial charge is 0.369 e. The Bertz CT molecular complexity index is 1070. The van der Waals surface area contributed by atoms with Crippen LogP contribution in [0, 0.1) is 32.1 Å². The Hall–Kier alpha value is -3.06. The number of fused-ring (bicyclic) bond motifs is 1. The number of hydrogen-bond acceptors (Lipinski definition) is 3. The minimum atomic E-state index is -0.382. The second-order valence-corrected chi connectivity index (χ2v) is 9.19. The van der Waals surface area contributed by atoms with Crippen molar-refractivity contribution in [2.75, 3.05) is 17.3 Å². The van der Waals surface area contributed by atoms with Crippen molar-refractivity contribution in [1.82, 2.24) is 0 Å². The van der Waals surface area contributed by atoms with Crippen LogP contribution in [0.3, 0.4) is 0 Å². The third kappa shape index (κ3) is 4.11. The van der Waals surface area contributed by atoms with Gasteiger partial charge in [-0.15, -0.1) is 0 Å². The van der Waals surface area contributed by atoms with Crippen LogP contribution in [0.2, 0.25) is 0 Å². The minimum absolute atomic E-state index is 0.0970. The summed E-state index contributed by atoms with van der Waals surface area (Å²) < 4.78 is 0. The third-order valence-electron chi connectivity index (χ3n) is 6.32. The zero-order chi connectivity index (χ0) is 22.2. The quantitative estimate of drug-likeness (QED) is 0.516. The Kier molecular flexibility index (Phi) is 5.76. The van der Waals surface area contributed by atoms with E-state index in [-0.39, 0.29) is 17.0 Å². The van der Waals surface area contributed by atoms with Crippen LogP contribution in [0.15, 0.2) is 35.9 Å². The lowest BCUT2D eigenvalue weighted by Gasteiger charge is -2.45. The van der Waals surface area contributed by atoms with Gasteiger partial charge in [-0.25, -0.2) is 0 Å². The zero-order valence-electron chi connectivity index (χ0n) is 19.1. The van der Waals surface area contributed by atoms with Crippen LogP contribution in [0.25, 0.3) is 6.08 Å². The monoisotopic (exact) mass is 401 g/mol. The standard InChI is InChI=1S/C26H31N3O/c1-16-8-9-23(18(3)10-16)28-25(30)21(15-27)12-20-13-22-19(4)14-26(5,6)29(7)24(22)11-17(20)2/h8-13,19H,14H2,1-7H3,(H,28,30)/b21-12-. The molecule has 0 saturated heterocycles. The van der Waals surface area contributed by atoms with E-state index in [1.54, 1.807) is 6.08 Å². The van der Waals surface area contributed by atoms with E-state index < -0.39 is 0 Å². The van der Waals surface area contributed by atoms with Crippen molar-refractivity contribution in [1.29, 1.82) is 5.26 Å². The number of carbonyl (C=O) groups excluding carboxylic acids is 1. The predicted octanol–water partition coefficient (Wildman–Crippen LogP) is 5.88. The fourth-order valence-corrected chi connectivity index (χ4v) is 4.34. The fourth-order valence-electron chi connectivity index (χ4n) is 4.34. The number of rotatable bonds is 3. The summed E-state index contributed by atoms with van der Waals surface area (Å²) in [4.78, 5) is 15.1. The molecule has 4 nitrogen and oxygen atoms in total. The SMILES string of the molecule is Cc1ccc(NC(=O)/C(C#N)=C\c2cc3c(cc2C)N(C)C(C)(C)CC3C)c(C)c1. The highest BCUT2D eigenvalue weighted by Gasteiger charge is 2.34. The molecule has 1 aliphatic rings. The molecule has 0 bridgehead atoms. The molecule has 3 rings (SSSR count). The molecule has 1 amide bonds. The van der Waals surface area contributed by atoms with Gasteiger partial charge in [0, 0.05) is 24.0 Å². The predicted molar refractivity (Wildman–Crippen MR) is 125 cm³/mol. The van der Waals surface area contributed by atoms with Gasteiger partial charge in [0.15, 0.2) is 0 Å². The Labute approximate surface area is 180 Å². The number of hydrogen-bond donors (Lipinski definition) is 1. The van der Waals surface area contributed by atoms with E-state index in [2.05, 4.69) is 56.2 Å². The first-order chi connectivity index (χ1) is 14.0. The van der Waals surface area contributed by atoms with Crippen LogP contribution >= 0.6 is 0 Å². The average molecular weight is 402 g/mol. The molecule has 156 valence electrons. The summed E-state index contributed by atoms with van der Waals surface area (Å²) in [6.07, 6.45) is 2.77. The van der Waals surface area contributed by atoms with Crippen LogP contribution in [-0.4, -0.2) is 18.5 Å². The van der Waals surface area contributed by atoms with Gasteiger partial charge in [-0.05, 0) is 93.5 Å².